The SMILES string of the molecule is CCOC(=O)C(N)c1cn(C)nn1. The number of nitrogens with zero attached hydrogens (tertiary/aromatic N) is 3. The summed E-state index contributed by atoms with van der Waals surface area (Å²) < 4.78 is 6.21. The summed E-state index contributed by atoms with van der Waals surface area (Å²) in [5.74, 6) is -0.483. The van der Waals surface area contributed by atoms with Gasteiger partial charge in [-0.25, -0.2) is 4.79 Å². The zero-order chi connectivity index (χ0) is 9.84. The second-order valence-electron chi connectivity index (χ2n) is 2.55. The van der Waals surface area contributed by atoms with E-state index in [1.165, 1.54) is 4.68 Å². The lowest BCUT2D eigenvalue weighted by Gasteiger charge is -2.05. The maximum absolute atomic E-state index is 11.1. The molecule has 1 rings (SSSR count). The molecular formula is C7H12N4O2. The van der Waals surface area contributed by atoms with Gasteiger partial charge in [0.05, 0.1) is 12.8 Å². The number of carbonyl (C=O) groups excluding carboxylic acids is 1. The minimum atomic E-state index is -0.839. The number of esters is 1. The number of aromatic nitrogens is 3. The summed E-state index contributed by atoms with van der Waals surface area (Å²) in [5.41, 5.74) is 5.97. The Morgan fingerprint density at radius 3 is 3.00 bits per heavy atom. The van der Waals surface area contributed by atoms with Gasteiger partial charge in [0.1, 0.15) is 11.7 Å². The van der Waals surface area contributed by atoms with E-state index in [1.54, 1.807) is 20.2 Å². The standard InChI is InChI=1S/C7H12N4O2/c1-3-13-7(12)6(8)5-4-11(2)10-9-5/h4,6H,3,8H2,1-2H3. The lowest BCUT2D eigenvalue weighted by molar-refractivity contribution is -0.144. The minimum absolute atomic E-state index is 0.312. The Bertz CT molecular complexity index is 296. The predicted octanol–water partition coefficient (Wildman–Crippen LogP) is -0.622. The normalized spacial score (nSPS) is 12.5. The molecule has 0 bridgehead atoms. The van der Waals surface area contributed by atoms with Crippen LogP contribution in [0.2, 0.25) is 0 Å². The predicted molar refractivity (Wildman–Crippen MR) is 44.6 cm³/mol. The molecule has 0 amide bonds. The zero-order valence-electron chi connectivity index (χ0n) is 7.60. The van der Waals surface area contributed by atoms with Crippen molar-refractivity contribution in [2.24, 2.45) is 12.8 Å². The Morgan fingerprint density at radius 2 is 2.54 bits per heavy atom. The fourth-order valence-electron chi connectivity index (χ4n) is 0.861. The highest BCUT2D eigenvalue weighted by Crippen LogP contribution is 2.06. The highest BCUT2D eigenvalue weighted by atomic mass is 16.5. The largest absolute Gasteiger partial charge is 0.465 e. The van der Waals surface area contributed by atoms with Gasteiger partial charge in [-0.3, -0.25) is 4.68 Å². The molecule has 1 aromatic heterocycles. The summed E-state index contributed by atoms with van der Waals surface area (Å²) in [6.07, 6.45) is 1.58. The van der Waals surface area contributed by atoms with Gasteiger partial charge in [-0.2, -0.15) is 0 Å². The number of nitrogens with two attached hydrogens (primary N) is 1. The topological polar surface area (TPSA) is 83.0 Å². The minimum Gasteiger partial charge on any atom is -0.465 e. The van der Waals surface area contributed by atoms with Crippen molar-refractivity contribution in [1.82, 2.24) is 15.0 Å². The molecule has 0 radical (unpaired) electrons. The molecule has 1 heterocycles. The Kier molecular flexibility index (Phi) is 2.97. The number of hydrogen-bond donors (Lipinski definition) is 1. The molecule has 0 fully saturated rings. The molecule has 72 valence electrons. The molecule has 1 aromatic rings. The van der Waals surface area contributed by atoms with Crippen LogP contribution in [-0.2, 0) is 16.6 Å². The fourth-order valence-corrected chi connectivity index (χ4v) is 0.861. The van der Waals surface area contributed by atoms with Crippen molar-refractivity contribution < 1.29 is 9.53 Å². The third-order valence-electron chi connectivity index (χ3n) is 1.48. The van der Waals surface area contributed by atoms with Crippen molar-refractivity contribution in [2.75, 3.05) is 6.61 Å². The van der Waals surface area contributed by atoms with E-state index >= 15 is 0 Å². The van der Waals surface area contributed by atoms with Crippen LogP contribution in [0.15, 0.2) is 6.20 Å². The average molecular weight is 184 g/mol. The maximum atomic E-state index is 11.1. The Hall–Kier alpha value is -1.43. The van der Waals surface area contributed by atoms with E-state index in [-0.39, 0.29) is 0 Å². The number of hydrogen-bond acceptors (Lipinski definition) is 5. The molecule has 0 aliphatic carbocycles. The van der Waals surface area contributed by atoms with Gasteiger partial charge in [-0.05, 0) is 6.92 Å². The number of carbonyl (C=O) groups is 1. The second kappa shape index (κ2) is 3.99. The highest BCUT2D eigenvalue weighted by Gasteiger charge is 2.19. The van der Waals surface area contributed by atoms with Gasteiger partial charge in [-0.15, -0.1) is 5.10 Å². The second-order valence-corrected chi connectivity index (χ2v) is 2.55. The van der Waals surface area contributed by atoms with Crippen LogP contribution in [0.5, 0.6) is 0 Å². The van der Waals surface area contributed by atoms with Crippen molar-refractivity contribution in [3.8, 4) is 0 Å². The first kappa shape index (κ1) is 9.66. The molecule has 2 N–H and O–H groups in total. The lowest BCUT2D eigenvalue weighted by atomic mass is 10.2. The van der Waals surface area contributed by atoms with Crippen LogP contribution in [0.4, 0.5) is 0 Å². The van der Waals surface area contributed by atoms with Crippen molar-refractivity contribution >= 4 is 5.97 Å². The molecule has 13 heavy (non-hydrogen) atoms. The quantitative estimate of drug-likeness (QED) is 0.633. The zero-order valence-corrected chi connectivity index (χ0v) is 7.60. The highest BCUT2D eigenvalue weighted by molar-refractivity contribution is 5.76. The molecule has 0 aromatic carbocycles. The first-order valence-electron chi connectivity index (χ1n) is 3.93. The maximum Gasteiger partial charge on any atom is 0.329 e. The average Bonchev–Trinajstić information content (AvgIpc) is 2.51. The van der Waals surface area contributed by atoms with Crippen molar-refractivity contribution in [2.45, 2.75) is 13.0 Å². The monoisotopic (exact) mass is 184 g/mol. The number of rotatable bonds is 3. The molecule has 6 heteroatoms. The molecule has 0 saturated carbocycles. The van der Waals surface area contributed by atoms with Crippen molar-refractivity contribution in [1.29, 1.82) is 0 Å². The molecule has 1 unspecified atom stereocenters. The summed E-state index contributed by atoms with van der Waals surface area (Å²) in [6, 6.07) is -0.839. The summed E-state index contributed by atoms with van der Waals surface area (Å²) in [6.45, 7) is 2.04. The Morgan fingerprint density at radius 1 is 1.85 bits per heavy atom. The van der Waals surface area contributed by atoms with Crippen LogP contribution in [0.1, 0.15) is 18.7 Å². The molecule has 0 spiro atoms. The van der Waals surface area contributed by atoms with Crippen LogP contribution in [0, 0.1) is 0 Å². The molecule has 0 aliphatic heterocycles. The molecular weight excluding hydrogens is 172 g/mol. The molecule has 0 aliphatic rings. The van der Waals surface area contributed by atoms with E-state index in [9.17, 15) is 4.79 Å². The van der Waals surface area contributed by atoms with E-state index in [2.05, 4.69) is 10.3 Å². The van der Waals surface area contributed by atoms with Crippen LogP contribution < -0.4 is 5.73 Å². The van der Waals surface area contributed by atoms with Gasteiger partial charge < -0.3 is 10.5 Å². The van der Waals surface area contributed by atoms with E-state index in [0.717, 1.165) is 0 Å². The van der Waals surface area contributed by atoms with Gasteiger partial charge in [0.25, 0.3) is 0 Å². The van der Waals surface area contributed by atoms with Crippen molar-refractivity contribution in [3.63, 3.8) is 0 Å². The van der Waals surface area contributed by atoms with Gasteiger partial charge >= 0.3 is 5.97 Å². The lowest BCUT2D eigenvalue weighted by Crippen LogP contribution is -2.24. The van der Waals surface area contributed by atoms with Gasteiger partial charge in [0.2, 0.25) is 0 Å². The summed E-state index contributed by atoms with van der Waals surface area (Å²) in [7, 11) is 1.70. The summed E-state index contributed by atoms with van der Waals surface area (Å²) in [4.78, 5) is 11.1. The first-order valence-corrected chi connectivity index (χ1v) is 3.93. The van der Waals surface area contributed by atoms with Crippen LogP contribution in [0.3, 0.4) is 0 Å². The molecule has 1 atom stereocenters. The summed E-state index contributed by atoms with van der Waals surface area (Å²) >= 11 is 0. The molecule has 0 saturated heterocycles. The smallest absolute Gasteiger partial charge is 0.329 e. The van der Waals surface area contributed by atoms with Crippen LogP contribution >= 0.6 is 0 Å². The van der Waals surface area contributed by atoms with Crippen LogP contribution in [-0.4, -0.2) is 27.6 Å². The van der Waals surface area contributed by atoms with Crippen LogP contribution in [0.25, 0.3) is 0 Å². The third-order valence-corrected chi connectivity index (χ3v) is 1.48. The van der Waals surface area contributed by atoms with E-state index in [4.69, 9.17) is 10.5 Å². The van der Waals surface area contributed by atoms with E-state index in [0.29, 0.717) is 12.3 Å². The third kappa shape index (κ3) is 2.25. The van der Waals surface area contributed by atoms with E-state index < -0.39 is 12.0 Å². The van der Waals surface area contributed by atoms with Gasteiger partial charge in [0.15, 0.2) is 0 Å². The molecule has 6 nitrogen and oxygen atoms in total. The first-order chi connectivity index (χ1) is 6.15. The number of ether oxygens (including phenoxy) is 1. The van der Waals surface area contributed by atoms with E-state index in [1.807, 2.05) is 0 Å². The van der Waals surface area contributed by atoms with Gasteiger partial charge in [-0.1, -0.05) is 5.21 Å². The summed E-state index contributed by atoms with van der Waals surface area (Å²) in [5, 5.41) is 7.37. The fraction of sp³-hybridized carbons (Fsp3) is 0.571. The number of aryl methyl sites for hydroxylation is 1. The Balaban J connectivity index is 2.67. The van der Waals surface area contributed by atoms with Gasteiger partial charge in [0, 0.05) is 7.05 Å². The Labute approximate surface area is 75.7 Å². The van der Waals surface area contributed by atoms with Crippen molar-refractivity contribution in [3.05, 3.63) is 11.9 Å².